The smallest absolute Gasteiger partial charge is 0.486 e. The maximum Gasteiger partial charge on any atom is 0.573 e. The zero-order valence-corrected chi connectivity index (χ0v) is 14.3. The van der Waals surface area contributed by atoms with Crippen LogP contribution in [0.3, 0.4) is 0 Å². The second-order valence-electron chi connectivity index (χ2n) is 5.95. The van der Waals surface area contributed by atoms with E-state index >= 15 is 0 Å². The highest BCUT2D eigenvalue weighted by molar-refractivity contribution is 5.92. The second-order valence-corrected chi connectivity index (χ2v) is 5.95. The van der Waals surface area contributed by atoms with Gasteiger partial charge in [0.2, 0.25) is 0 Å². The summed E-state index contributed by atoms with van der Waals surface area (Å²) in [5, 5.41) is 13.3. The Labute approximate surface area is 155 Å². The van der Waals surface area contributed by atoms with Gasteiger partial charge in [-0.05, 0) is 37.3 Å². The Morgan fingerprint density at radius 1 is 1.04 bits per heavy atom. The molecule has 28 heavy (non-hydrogen) atoms. The molecule has 0 fully saturated rings. The highest BCUT2D eigenvalue weighted by Gasteiger charge is 2.31. The van der Waals surface area contributed by atoms with Crippen molar-refractivity contribution in [3.63, 3.8) is 0 Å². The minimum absolute atomic E-state index is 0.204. The van der Waals surface area contributed by atoms with Gasteiger partial charge in [0, 0.05) is 17.6 Å². The number of aromatic amines is 1. The van der Waals surface area contributed by atoms with Crippen molar-refractivity contribution in [1.82, 2.24) is 4.98 Å². The van der Waals surface area contributed by atoms with Crippen LogP contribution in [0.25, 0.3) is 10.9 Å². The third-order valence-electron chi connectivity index (χ3n) is 3.85. The standard InChI is InChI=1S/C18H15F5N2O3/c1-9(27-10-2-4-11(5-3-10)28-18(21,22)23)17(26)25-16-8-24-15-7-14(20)13(19)6-12(15)16/h2-9,17,24-26H,1H3. The second kappa shape index (κ2) is 7.55. The van der Waals surface area contributed by atoms with E-state index in [0.29, 0.717) is 16.6 Å². The number of alkyl halides is 3. The molecule has 0 saturated heterocycles. The number of anilines is 1. The van der Waals surface area contributed by atoms with Crippen LogP contribution in [0.1, 0.15) is 6.92 Å². The predicted molar refractivity (Wildman–Crippen MR) is 91.1 cm³/mol. The third kappa shape index (κ3) is 4.63. The molecular weight excluding hydrogens is 387 g/mol. The minimum atomic E-state index is -4.79. The highest BCUT2D eigenvalue weighted by Crippen LogP contribution is 2.28. The van der Waals surface area contributed by atoms with E-state index in [1.807, 2.05) is 0 Å². The van der Waals surface area contributed by atoms with Gasteiger partial charge in [0.05, 0.1) is 11.2 Å². The Morgan fingerprint density at radius 2 is 1.64 bits per heavy atom. The van der Waals surface area contributed by atoms with Gasteiger partial charge in [-0.25, -0.2) is 8.78 Å². The first kappa shape index (κ1) is 19.7. The number of hydrogen-bond donors (Lipinski definition) is 3. The Morgan fingerprint density at radius 3 is 2.29 bits per heavy atom. The number of rotatable bonds is 6. The minimum Gasteiger partial charge on any atom is -0.486 e. The van der Waals surface area contributed by atoms with E-state index in [2.05, 4.69) is 15.0 Å². The number of fused-ring (bicyclic) bond motifs is 1. The van der Waals surface area contributed by atoms with Gasteiger partial charge in [-0.15, -0.1) is 13.2 Å². The summed E-state index contributed by atoms with van der Waals surface area (Å²) in [5.41, 5.74) is 0.660. The fraction of sp³-hybridized carbons (Fsp3) is 0.222. The molecule has 10 heteroatoms. The summed E-state index contributed by atoms with van der Waals surface area (Å²) in [5.74, 6) is -2.24. The zero-order valence-electron chi connectivity index (χ0n) is 14.3. The van der Waals surface area contributed by atoms with E-state index in [-0.39, 0.29) is 5.75 Å². The van der Waals surface area contributed by atoms with Gasteiger partial charge in [0.25, 0.3) is 0 Å². The first-order valence-electron chi connectivity index (χ1n) is 8.05. The number of nitrogens with one attached hydrogen (secondary N) is 2. The molecule has 150 valence electrons. The lowest BCUT2D eigenvalue weighted by Crippen LogP contribution is -2.35. The van der Waals surface area contributed by atoms with Crippen molar-refractivity contribution in [3.05, 3.63) is 54.2 Å². The van der Waals surface area contributed by atoms with Gasteiger partial charge in [-0.3, -0.25) is 0 Å². The molecule has 0 bridgehead atoms. The van der Waals surface area contributed by atoms with Crippen LogP contribution in [0.15, 0.2) is 42.6 Å². The molecule has 3 N–H and O–H groups in total. The molecule has 0 aliphatic carbocycles. The lowest BCUT2D eigenvalue weighted by atomic mass is 10.2. The quantitative estimate of drug-likeness (QED) is 0.418. The van der Waals surface area contributed by atoms with Gasteiger partial charge in [-0.2, -0.15) is 0 Å². The van der Waals surface area contributed by atoms with Crippen molar-refractivity contribution in [2.24, 2.45) is 0 Å². The van der Waals surface area contributed by atoms with Gasteiger partial charge in [0.1, 0.15) is 17.6 Å². The highest BCUT2D eigenvalue weighted by atomic mass is 19.4. The van der Waals surface area contributed by atoms with Crippen molar-refractivity contribution >= 4 is 16.6 Å². The topological polar surface area (TPSA) is 66.5 Å². The normalized spacial score (nSPS) is 14.0. The Kier molecular flexibility index (Phi) is 5.32. The van der Waals surface area contributed by atoms with Crippen LogP contribution in [0.5, 0.6) is 11.5 Å². The molecule has 0 aliphatic rings. The fourth-order valence-corrected chi connectivity index (χ4v) is 2.51. The number of ether oxygens (including phenoxy) is 2. The summed E-state index contributed by atoms with van der Waals surface area (Å²) in [6.07, 6.45) is -5.44. The maximum atomic E-state index is 13.4. The van der Waals surface area contributed by atoms with Crippen LogP contribution in [0.4, 0.5) is 27.6 Å². The van der Waals surface area contributed by atoms with Crippen molar-refractivity contribution in [3.8, 4) is 11.5 Å². The number of hydrogen-bond acceptors (Lipinski definition) is 4. The Balaban J connectivity index is 1.65. The molecule has 1 aromatic heterocycles. The molecule has 0 radical (unpaired) electrons. The van der Waals surface area contributed by atoms with E-state index in [4.69, 9.17) is 4.74 Å². The predicted octanol–water partition coefficient (Wildman–Crippen LogP) is 4.54. The van der Waals surface area contributed by atoms with Gasteiger partial charge in [0.15, 0.2) is 17.9 Å². The van der Waals surface area contributed by atoms with Gasteiger partial charge >= 0.3 is 6.36 Å². The van der Waals surface area contributed by atoms with Crippen LogP contribution >= 0.6 is 0 Å². The number of aliphatic hydroxyl groups excluding tert-OH is 1. The summed E-state index contributed by atoms with van der Waals surface area (Å²) in [6.45, 7) is 1.52. The number of benzene rings is 2. The molecule has 2 unspecified atom stereocenters. The molecule has 0 spiro atoms. The fourth-order valence-electron chi connectivity index (χ4n) is 2.51. The van der Waals surface area contributed by atoms with Gasteiger partial charge < -0.3 is 24.9 Å². The van der Waals surface area contributed by atoms with E-state index < -0.39 is 36.1 Å². The molecule has 2 aromatic carbocycles. The first-order valence-corrected chi connectivity index (χ1v) is 8.05. The summed E-state index contributed by atoms with van der Waals surface area (Å²) in [7, 11) is 0. The van der Waals surface area contributed by atoms with Crippen LogP contribution in [0.2, 0.25) is 0 Å². The molecule has 0 saturated carbocycles. The van der Waals surface area contributed by atoms with E-state index in [1.165, 1.54) is 25.3 Å². The lowest BCUT2D eigenvalue weighted by Gasteiger charge is -2.22. The SMILES string of the molecule is CC(Oc1ccc(OC(F)(F)F)cc1)C(O)Nc1c[nH]c2cc(F)c(F)cc12. The molecule has 0 aliphatic heterocycles. The van der Waals surface area contributed by atoms with Crippen LogP contribution in [-0.4, -0.2) is 28.8 Å². The average molecular weight is 402 g/mol. The molecular formula is C18H15F5N2O3. The molecule has 3 rings (SSSR count). The maximum absolute atomic E-state index is 13.4. The summed E-state index contributed by atoms with van der Waals surface area (Å²) in [6, 6.07) is 6.65. The monoisotopic (exact) mass is 402 g/mol. The summed E-state index contributed by atoms with van der Waals surface area (Å²) >= 11 is 0. The molecule has 1 heterocycles. The largest absolute Gasteiger partial charge is 0.573 e. The number of aliphatic hydroxyl groups is 1. The average Bonchev–Trinajstić information content (AvgIpc) is 2.97. The van der Waals surface area contributed by atoms with E-state index in [1.54, 1.807) is 0 Å². The number of aromatic nitrogens is 1. The van der Waals surface area contributed by atoms with Crippen molar-refractivity contribution in [2.75, 3.05) is 5.32 Å². The third-order valence-corrected chi connectivity index (χ3v) is 3.85. The Hall–Kier alpha value is -3.01. The van der Waals surface area contributed by atoms with Gasteiger partial charge in [-0.1, -0.05) is 0 Å². The molecule has 3 aromatic rings. The Bertz CT molecular complexity index is 956. The van der Waals surface area contributed by atoms with Crippen molar-refractivity contribution in [1.29, 1.82) is 0 Å². The first-order chi connectivity index (χ1) is 13.1. The number of H-pyrrole nitrogens is 1. The summed E-state index contributed by atoms with van der Waals surface area (Å²) in [4.78, 5) is 2.75. The molecule has 5 nitrogen and oxygen atoms in total. The molecule has 2 atom stereocenters. The van der Waals surface area contributed by atoms with E-state index in [9.17, 15) is 27.1 Å². The van der Waals surface area contributed by atoms with Crippen molar-refractivity contribution < 1.29 is 36.5 Å². The van der Waals surface area contributed by atoms with Crippen LogP contribution in [0, 0.1) is 11.6 Å². The summed E-state index contributed by atoms with van der Waals surface area (Å²) < 4.78 is 72.4. The van der Waals surface area contributed by atoms with E-state index in [0.717, 1.165) is 24.3 Å². The van der Waals surface area contributed by atoms with Crippen LogP contribution in [-0.2, 0) is 0 Å². The number of halogens is 5. The zero-order chi connectivity index (χ0) is 20.5. The van der Waals surface area contributed by atoms with Crippen LogP contribution < -0.4 is 14.8 Å². The molecule has 0 amide bonds. The van der Waals surface area contributed by atoms with Crippen molar-refractivity contribution in [2.45, 2.75) is 25.6 Å². The lowest BCUT2D eigenvalue weighted by molar-refractivity contribution is -0.274.